The zero-order chi connectivity index (χ0) is 44.5. The molecule has 1 aliphatic carbocycles. The van der Waals surface area contributed by atoms with Crippen molar-refractivity contribution in [3.05, 3.63) is 107 Å². The van der Waals surface area contributed by atoms with Crippen molar-refractivity contribution in [1.82, 2.24) is 51.8 Å². The lowest BCUT2D eigenvalue weighted by Crippen LogP contribution is -2.67. The Hall–Kier alpha value is -5.06. The number of nitrogens with zero attached hydrogens (tertiary/aromatic N) is 6. The number of hydrogen-bond acceptors (Lipinski definition) is 16. The minimum atomic E-state index is -0.651. The Kier molecular flexibility index (Phi) is 12.8. The Morgan fingerprint density at radius 1 is 0.954 bits per heavy atom. The van der Waals surface area contributed by atoms with Crippen LogP contribution in [0.2, 0.25) is 0 Å². The molecule has 3 aromatic carbocycles. The molecule has 5 unspecified atom stereocenters. The molecule has 6 heterocycles. The minimum Gasteiger partial charge on any atom is -0.355 e. The molecule has 0 radical (unpaired) electrons. The molecule has 3 amide bonds. The molecule has 5 aliphatic heterocycles. The summed E-state index contributed by atoms with van der Waals surface area (Å²) in [7, 11) is 0. The van der Waals surface area contributed by atoms with Crippen LogP contribution < -0.4 is 42.9 Å². The van der Waals surface area contributed by atoms with E-state index in [1.54, 1.807) is 4.90 Å². The fourth-order valence-corrected chi connectivity index (χ4v) is 10.9. The van der Waals surface area contributed by atoms with Gasteiger partial charge in [-0.25, -0.2) is 30.1 Å². The van der Waals surface area contributed by atoms with Crippen molar-refractivity contribution >= 4 is 41.0 Å². The number of carbonyl (C=O) groups is 3. The molecular weight excluding hydrogens is 847 g/mol. The van der Waals surface area contributed by atoms with Gasteiger partial charge in [-0.05, 0) is 78.6 Å². The molecule has 5 atom stereocenters. The van der Waals surface area contributed by atoms with Crippen molar-refractivity contribution in [2.24, 2.45) is 11.7 Å². The highest BCUT2D eigenvalue weighted by Crippen LogP contribution is 2.42. The molecule has 0 saturated carbocycles. The zero-order valence-electron chi connectivity index (χ0n) is 36.5. The molecule has 8 N–H and O–H groups in total. The zero-order valence-corrected chi connectivity index (χ0v) is 37.3. The van der Waals surface area contributed by atoms with Crippen molar-refractivity contribution < 1.29 is 24.1 Å². The third kappa shape index (κ3) is 9.62. The van der Waals surface area contributed by atoms with Gasteiger partial charge in [0, 0.05) is 86.6 Å². The predicted molar refractivity (Wildman–Crippen MR) is 244 cm³/mol. The number of amides is 3. The minimum absolute atomic E-state index is 0.00269. The van der Waals surface area contributed by atoms with Crippen molar-refractivity contribution in [3.8, 4) is 0 Å². The number of rotatable bonds is 11. The molecule has 6 aliphatic rings. The third-order valence-electron chi connectivity index (χ3n) is 13.6. The van der Waals surface area contributed by atoms with E-state index in [1.165, 1.54) is 17.3 Å². The van der Waals surface area contributed by atoms with Crippen LogP contribution in [0.1, 0.15) is 58.3 Å². The van der Waals surface area contributed by atoms with Gasteiger partial charge < -0.3 is 31.9 Å². The Labute approximate surface area is 382 Å². The molecule has 4 saturated heterocycles. The average Bonchev–Trinajstić information content (AvgIpc) is 3.89. The van der Waals surface area contributed by atoms with E-state index in [0.29, 0.717) is 38.3 Å². The number of aromatic nitrogens is 2. The van der Waals surface area contributed by atoms with Crippen LogP contribution in [0.3, 0.4) is 0 Å². The summed E-state index contributed by atoms with van der Waals surface area (Å²) in [5.74, 6) is 0.270. The van der Waals surface area contributed by atoms with Crippen LogP contribution in [0.25, 0.3) is 0 Å². The van der Waals surface area contributed by atoms with E-state index in [1.807, 2.05) is 67.0 Å². The lowest BCUT2D eigenvalue weighted by atomic mass is 9.84. The molecule has 342 valence electrons. The van der Waals surface area contributed by atoms with Gasteiger partial charge in [-0.1, -0.05) is 59.9 Å². The van der Waals surface area contributed by atoms with Crippen molar-refractivity contribution in [1.29, 1.82) is 0 Å². The first-order chi connectivity index (χ1) is 31.7. The lowest BCUT2D eigenvalue weighted by Gasteiger charge is -2.47. The predicted octanol–water partition coefficient (Wildman–Crippen LogP) is 1.87. The number of benzene rings is 3. The summed E-state index contributed by atoms with van der Waals surface area (Å²) >= 11 is 1.51. The number of piperazine rings is 2. The monoisotopic (exact) mass is 903 g/mol. The second-order valence-electron chi connectivity index (χ2n) is 18.1. The second-order valence-corrected chi connectivity index (χ2v) is 19.2. The third-order valence-corrected chi connectivity index (χ3v) is 14.5. The largest absolute Gasteiger partial charge is 0.355 e. The molecule has 4 fully saturated rings. The van der Waals surface area contributed by atoms with Gasteiger partial charge in [0.2, 0.25) is 18.2 Å². The fraction of sp³-hybridized carbons (Fsp3) is 0.457. The second kappa shape index (κ2) is 19.0. The van der Waals surface area contributed by atoms with Crippen LogP contribution in [0.4, 0.5) is 11.5 Å². The highest BCUT2D eigenvalue weighted by Gasteiger charge is 2.45. The summed E-state index contributed by atoms with van der Waals surface area (Å²) in [4.78, 5) is 66.1. The van der Waals surface area contributed by atoms with Crippen LogP contribution in [0.15, 0.2) is 89.0 Å². The van der Waals surface area contributed by atoms with Gasteiger partial charge in [0.25, 0.3) is 5.91 Å². The Balaban J connectivity index is 0.776. The lowest BCUT2D eigenvalue weighted by molar-refractivity contribution is -0.281. The quantitative estimate of drug-likeness (QED) is 0.115. The molecule has 4 aromatic rings. The van der Waals surface area contributed by atoms with Gasteiger partial charge in [0.1, 0.15) is 23.6 Å². The highest BCUT2D eigenvalue weighted by atomic mass is 32.2. The smallest absolute Gasteiger partial charge is 0.257 e. The SMILES string of the molecule is CC1(N)CCN(c2cnc(Sc3cccc(NC(=O)C4c5ccccc5CC4C4CN(N5CCNCC5C(=O)NCc5ccc6c(c5)CN(C5NCONO5)C6=O)CCN4)c3)cn2)CC1. The Morgan fingerprint density at radius 3 is 2.66 bits per heavy atom. The number of fused-ring (bicyclic) bond motifs is 2. The number of piperidine rings is 1. The summed E-state index contributed by atoms with van der Waals surface area (Å²) in [5, 5.41) is 22.0. The molecule has 10 rings (SSSR count). The summed E-state index contributed by atoms with van der Waals surface area (Å²) in [6.07, 6.45) is 5.60. The molecule has 0 bridgehead atoms. The Bertz CT molecular complexity index is 2380. The van der Waals surface area contributed by atoms with Crippen LogP contribution in [-0.4, -0.2) is 126 Å². The molecule has 19 heteroatoms. The van der Waals surface area contributed by atoms with E-state index in [4.69, 9.17) is 25.4 Å². The van der Waals surface area contributed by atoms with E-state index in [0.717, 1.165) is 90.1 Å². The topological polar surface area (TPSA) is 207 Å². The van der Waals surface area contributed by atoms with Crippen LogP contribution in [-0.2, 0) is 38.8 Å². The van der Waals surface area contributed by atoms with Crippen LogP contribution in [0, 0.1) is 5.92 Å². The Morgan fingerprint density at radius 2 is 1.83 bits per heavy atom. The number of carbonyl (C=O) groups excluding carboxylic acids is 3. The number of hydrazine groups is 1. The average molecular weight is 904 g/mol. The van der Waals surface area contributed by atoms with Crippen molar-refractivity contribution in [2.75, 3.05) is 69.3 Å². The van der Waals surface area contributed by atoms with Crippen molar-refractivity contribution in [2.45, 2.75) is 79.1 Å². The number of hydrogen-bond donors (Lipinski definition) is 7. The molecule has 1 aromatic heterocycles. The first-order valence-corrected chi connectivity index (χ1v) is 23.4. The molecule has 65 heavy (non-hydrogen) atoms. The summed E-state index contributed by atoms with van der Waals surface area (Å²) in [6, 6.07) is 21.5. The first kappa shape index (κ1) is 43.8. The highest BCUT2D eigenvalue weighted by molar-refractivity contribution is 7.99. The maximum atomic E-state index is 14.5. The van der Waals surface area contributed by atoms with E-state index < -0.39 is 12.4 Å². The summed E-state index contributed by atoms with van der Waals surface area (Å²) in [6.45, 7) is 8.85. The van der Waals surface area contributed by atoms with E-state index in [-0.39, 0.29) is 47.9 Å². The standard InChI is InChI=1S/C46H57N13O5S/c1-46(47)11-15-56(16-12-46)39-24-51-40(25-50-39)65-33-7-4-6-32(21-33)54-43(61)41-34-8-3-2-5-30(34)20-36(41)37-27-57(17-14-49-37)59-18-13-48-23-38(59)42(60)52-22-29-9-10-35-31(19-29)26-58(44(35)62)45-53-28-63-55-64-45/h2-10,19,21,24-25,36-38,41,45,48-49,53,55H,11-18,20,22-23,26-28,47H2,1H3,(H,52,60)(H,54,61). The van der Waals surface area contributed by atoms with E-state index >= 15 is 0 Å². The van der Waals surface area contributed by atoms with Crippen LogP contribution in [0.5, 0.6) is 0 Å². The van der Waals surface area contributed by atoms with Gasteiger partial charge in [0.15, 0.2) is 0 Å². The number of anilines is 2. The summed E-state index contributed by atoms with van der Waals surface area (Å²) in [5.41, 5.74) is 14.0. The number of nitrogens with two attached hydrogens (primary N) is 1. The maximum absolute atomic E-state index is 14.5. The molecular formula is C46H57N13O5S. The van der Waals surface area contributed by atoms with E-state index in [2.05, 4.69) is 66.2 Å². The number of nitrogens with one attached hydrogen (secondary N) is 6. The van der Waals surface area contributed by atoms with Gasteiger partial charge in [-0.15, -0.1) is 0 Å². The van der Waals surface area contributed by atoms with Crippen molar-refractivity contribution in [3.63, 3.8) is 0 Å². The fourth-order valence-electron chi connectivity index (χ4n) is 10.1. The molecule has 18 nitrogen and oxygen atoms in total. The van der Waals surface area contributed by atoms with Gasteiger partial charge in [0.05, 0.1) is 24.9 Å². The van der Waals surface area contributed by atoms with Gasteiger partial charge >= 0.3 is 0 Å². The normalized spacial score (nSPS) is 25.8. The van der Waals surface area contributed by atoms with Gasteiger partial charge in [-0.3, -0.25) is 24.1 Å². The maximum Gasteiger partial charge on any atom is 0.257 e. The molecule has 0 spiro atoms. The summed E-state index contributed by atoms with van der Waals surface area (Å²) < 4.78 is 0. The van der Waals surface area contributed by atoms with E-state index in [9.17, 15) is 14.4 Å². The van der Waals surface area contributed by atoms with Gasteiger partial charge in [-0.2, -0.15) is 0 Å². The first-order valence-electron chi connectivity index (χ1n) is 22.6. The van der Waals surface area contributed by atoms with Crippen LogP contribution >= 0.6 is 11.8 Å².